The predicted molar refractivity (Wildman–Crippen MR) is 65.9 cm³/mol. The maximum atomic E-state index is 12.4. The van der Waals surface area contributed by atoms with Gasteiger partial charge < -0.3 is 10.8 Å². The fourth-order valence-electron chi connectivity index (χ4n) is 1.77. The number of hydrogen-bond donors (Lipinski definition) is 3. The first-order valence-electron chi connectivity index (χ1n) is 5.65. The van der Waals surface area contributed by atoms with Crippen LogP contribution in [-0.4, -0.2) is 41.7 Å². The Balaban J connectivity index is 2.87. The molecule has 0 bridgehead atoms. The highest BCUT2D eigenvalue weighted by Gasteiger charge is 2.30. The van der Waals surface area contributed by atoms with E-state index in [2.05, 4.69) is 0 Å². The van der Waals surface area contributed by atoms with Crippen LogP contribution >= 0.6 is 0 Å². The van der Waals surface area contributed by atoms with E-state index in [1.807, 2.05) is 0 Å². The molecule has 0 heterocycles. The fraction of sp³-hybridized carbons (Fsp3) is 0.417. The molecule has 1 rings (SSSR count). The number of rotatable bonds is 6. The zero-order chi connectivity index (χ0) is 14.5. The van der Waals surface area contributed by atoms with Crippen molar-refractivity contribution < 1.29 is 18.3 Å². The number of nitrogens with two attached hydrogens (primary N) is 1. The molecule has 0 saturated carbocycles. The molecule has 0 saturated heterocycles. The highest BCUT2D eigenvalue weighted by atomic mass is 19.4. The number of halogens is 3. The molecule has 0 fully saturated rings. The summed E-state index contributed by atoms with van der Waals surface area (Å²) in [6, 6.07) is 6.55. The molecule has 0 unspecified atom stereocenters. The predicted octanol–water partition coefficient (Wildman–Crippen LogP) is 1.33. The molecule has 0 atom stereocenters. The third-order valence-corrected chi connectivity index (χ3v) is 2.52. The van der Waals surface area contributed by atoms with Crippen molar-refractivity contribution in [3.8, 4) is 0 Å². The number of alkyl halides is 3. The van der Waals surface area contributed by atoms with Crippen molar-refractivity contribution in [3.05, 3.63) is 35.4 Å². The lowest BCUT2D eigenvalue weighted by atomic mass is 10.1. The Labute approximate surface area is 109 Å². The minimum Gasteiger partial charge on any atom is -0.395 e. The summed E-state index contributed by atoms with van der Waals surface area (Å²) in [7, 11) is 0. The van der Waals surface area contributed by atoms with E-state index in [-0.39, 0.29) is 25.5 Å². The summed E-state index contributed by atoms with van der Waals surface area (Å²) >= 11 is 0. The standard InChI is InChI=1S/C12H16F3N3O/c13-12(14,15)8-18(5-6-19)7-9-3-1-2-4-10(9)11(16)17/h1-4,19H,5-8H2,(H3,16,17). The van der Waals surface area contributed by atoms with Crippen LogP contribution in [0.25, 0.3) is 0 Å². The van der Waals surface area contributed by atoms with Crippen LogP contribution in [0.1, 0.15) is 11.1 Å². The second kappa shape index (κ2) is 6.53. The summed E-state index contributed by atoms with van der Waals surface area (Å²) in [5, 5.41) is 16.2. The van der Waals surface area contributed by atoms with Crippen molar-refractivity contribution in [1.29, 1.82) is 5.41 Å². The second-order valence-electron chi connectivity index (χ2n) is 4.12. The lowest BCUT2D eigenvalue weighted by Gasteiger charge is -2.23. The molecule has 0 radical (unpaired) electrons. The normalized spacial score (nSPS) is 11.8. The Morgan fingerprint density at radius 2 is 1.95 bits per heavy atom. The van der Waals surface area contributed by atoms with E-state index < -0.39 is 12.7 Å². The lowest BCUT2D eigenvalue weighted by molar-refractivity contribution is -0.147. The number of nitrogens with one attached hydrogen (secondary N) is 1. The van der Waals surface area contributed by atoms with Gasteiger partial charge in [-0.1, -0.05) is 24.3 Å². The number of aliphatic hydroxyl groups is 1. The summed E-state index contributed by atoms with van der Waals surface area (Å²) in [6.45, 7) is -1.58. The highest BCUT2D eigenvalue weighted by Crippen LogP contribution is 2.19. The smallest absolute Gasteiger partial charge is 0.395 e. The Morgan fingerprint density at radius 1 is 1.32 bits per heavy atom. The van der Waals surface area contributed by atoms with Crippen LogP contribution < -0.4 is 5.73 Å². The second-order valence-corrected chi connectivity index (χ2v) is 4.12. The largest absolute Gasteiger partial charge is 0.401 e. The Morgan fingerprint density at radius 3 is 2.47 bits per heavy atom. The fourth-order valence-corrected chi connectivity index (χ4v) is 1.77. The first kappa shape index (κ1) is 15.5. The van der Waals surface area contributed by atoms with Crippen LogP contribution in [0, 0.1) is 5.41 Å². The summed E-state index contributed by atoms with van der Waals surface area (Å²) < 4.78 is 37.2. The van der Waals surface area contributed by atoms with Crippen LogP contribution in [-0.2, 0) is 6.54 Å². The van der Waals surface area contributed by atoms with Crippen LogP contribution in [0.2, 0.25) is 0 Å². The number of nitrogens with zero attached hydrogens (tertiary/aromatic N) is 1. The Bertz CT molecular complexity index is 434. The van der Waals surface area contributed by atoms with Gasteiger partial charge in [-0.2, -0.15) is 13.2 Å². The van der Waals surface area contributed by atoms with E-state index >= 15 is 0 Å². The van der Waals surface area contributed by atoms with Crippen molar-refractivity contribution in [2.45, 2.75) is 12.7 Å². The monoisotopic (exact) mass is 275 g/mol. The molecule has 0 spiro atoms. The third kappa shape index (κ3) is 5.27. The van der Waals surface area contributed by atoms with Gasteiger partial charge >= 0.3 is 6.18 Å². The number of benzene rings is 1. The number of amidine groups is 1. The van der Waals surface area contributed by atoms with Crippen LogP contribution in [0.3, 0.4) is 0 Å². The molecule has 7 heteroatoms. The van der Waals surface area contributed by atoms with Crippen LogP contribution in [0.4, 0.5) is 13.2 Å². The topological polar surface area (TPSA) is 73.3 Å². The Kier molecular flexibility index (Phi) is 5.31. The van der Waals surface area contributed by atoms with Gasteiger partial charge in [0.05, 0.1) is 13.2 Å². The van der Waals surface area contributed by atoms with E-state index in [9.17, 15) is 13.2 Å². The zero-order valence-electron chi connectivity index (χ0n) is 10.2. The molecule has 1 aromatic carbocycles. The van der Waals surface area contributed by atoms with Crippen molar-refractivity contribution in [2.75, 3.05) is 19.7 Å². The molecule has 1 aromatic rings. The average Bonchev–Trinajstić information content (AvgIpc) is 2.27. The molecule has 4 nitrogen and oxygen atoms in total. The van der Waals surface area contributed by atoms with Gasteiger partial charge in [-0.15, -0.1) is 0 Å². The molecule has 0 aliphatic heterocycles. The zero-order valence-corrected chi connectivity index (χ0v) is 10.2. The van der Waals surface area contributed by atoms with Gasteiger partial charge in [0.25, 0.3) is 0 Å². The van der Waals surface area contributed by atoms with Gasteiger partial charge in [0.1, 0.15) is 5.84 Å². The summed E-state index contributed by atoms with van der Waals surface area (Å²) in [5.41, 5.74) is 6.33. The molecule has 0 aliphatic carbocycles. The van der Waals surface area contributed by atoms with Gasteiger partial charge in [-0.05, 0) is 5.56 Å². The van der Waals surface area contributed by atoms with Crippen LogP contribution in [0.5, 0.6) is 0 Å². The first-order valence-corrected chi connectivity index (χ1v) is 5.65. The molecular weight excluding hydrogens is 259 g/mol. The molecule has 106 valence electrons. The number of nitrogen functional groups attached to an aromatic ring is 1. The van der Waals surface area contributed by atoms with Crippen molar-refractivity contribution in [3.63, 3.8) is 0 Å². The van der Waals surface area contributed by atoms with Gasteiger partial charge in [0.2, 0.25) is 0 Å². The number of aliphatic hydroxyl groups excluding tert-OH is 1. The van der Waals surface area contributed by atoms with Crippen molar-refractivity contribution >= 4 is 5.84 Å². The minimum atomic E-state index is -4.33. The van der Waals surface area contributed by atoms with Gasteiger partial charge in [0.15, 0.2) is 0 Å². The SMILES string of the molecule is N=C(N)c1ccccc1CN(CCO)CC(F)(F)F. The van der Waals surface area contributed by atoms with Gasteiger partial charge in [0, 0.05) is 18.7 Å². The van der Waals surface area contributed by atoms with Crippen LogP contribution in [0.15, 0.2) is 24.3 Å². The molecule has 0 aliphatic rings. The van der Waals surface area contributed by atoms with Crippen molar-refractivity contribution in [1.82, 2.24) is 4.90 Å². The van der Waals surface area contributed by atoms with E-state index in [1.54, 1.807) is 24.3 Å². The molecule has 0 amide bonds. The third-order valence-electron chi connectivity index (χ3n) is 2.52. The van der Waals surface area contributed by atoms with Gasteiger partial charge in [-0.25, -0.2) is 0 Å². The maximum absolute atomic E-state index is 12.4. The molecule has 4 N–H and O–H groups in total. The average molecular weight is 275 g/mol. The lowest BCUT2D eigenvalue weighted by Crippen LogP contribution is -2.36. The maximum Gasteiger partial charge on any atom is 0.401 e. The summed E-state index contributed by atoms with van der Waals surface area (Å²) in [5.74, 6) is -0.188. The molecule has 0 aromatic heterocycles. The quantitative estimate of drug-likeness (QED) is 0.541. The van der Waals surface area contributed by atoms with E-state index in [4.69, 9.17) is 16.2 Å². The van der Waals surface area contributed by atoms with E-state index in [1.165, 1.54) is 0 Å². The molecular formula is C12H16F3N3O. The van der Waals surface area contributed by atoms with E-state index in [0.29, 0.717) is 11.1 Å². The van der Waals surface area contributed by atoms with Crippen molar-refractivity contribution in [2.24, 2.45) is 5.73 Å². The summed E-state index contributed by atoms with van der Waals surface area (Å²) in [6.07, 6.45) is -4.33. The molecule has 19 heavy (non-hydrogen) atoms. The number of hydrogen-bond acceptors (Lipinski definition) is 3. The highest BCUT2D eigenvalue weighted by molar-refractivity contribution is 5.96. The van der Waals surface area contributed by atoms with Gasteiger partial charge in [-0.3, -0.25) is 10.3 Å². The Hall–Kier alpha value is -1.60. The summed E-state index contributed by atoms with van der Waals surface area (Å²) in [4.78, 5) is 1.07. The van der Waals surface area contributed by atoms with E-state index in [0.717, 1.165) is 4.90 Å². The minimum absolute atomic E-state index is 0.0180. The first-order chi connectivity index (χ1) is 8.83.